The Morgan fingerprint density at radius 2 is 2.06 bits per heavy atom. The molecular weight excluding hydrogens is 200 g/mol. The highest BCUT2D eigenvalue weighted by Crippen LogP contribution is 1.97. The molecule has 16 heavy (non-hydrogen) atoms. The second kappa shape index (κ2) is 9.23. The van der Waals surface area contributed by atoms with E-state index in [1.807, 2.05) is 6.92 Å². The highest BCUT2D eigenvalue weighted by Gasteiger charge is 2.15. The van der Waals surface area contributed by atoms with Gasteiger partial charge in [-0.05, 0) is 19.8 Å². The number of carbonyl (C=O) groups is 1. The van der Waals surface area contributed by atoms with Gasteiger partial charge in [-0.3, -0.25) is 10.1 Å². The SMILES string of the molecule is C#CC(CCC)NC(C)C(=O)NCCCC. The lowest BCUT2D eigenvalue weighted by Crippen LogP contribution is -2.46. The van der Waals surface area contributed by atoms with Gasteiger partial charge < -0.3 is 5.32 Å². The van der Waals surface area contributed by atoms with Gasteiger partial charge in [-0.25, -0.2) is 0 Å². The number of rotatable bonds is 8. The quantitative estimate of drug-likeness (QED) is 0.486. The Labute approximate surface area is 99.4 Å². The number of amides is 1. The zero-order valence-electron chi connectivity index (χ0n) is 10.7. The molecule has 2 unspecified atom stereocenters. The van der Waals surface area contributed by atoms with Crippen molar-refractivity contribution in [3.05, 3.63) is 0 Å². The summed E-state index contributed by atoms with van der Waals surface area (Å²) in [4.78, 5) is 11.6. The maximum absolute atomic E-state index is 11.6. The second-order valence-electron chi connectivity index (χ2n) is 4.04. The lowest BCUT2D eigenvalue weighted by molar-refractivity contribution is -0.122. The molecule has 0 heterocycles. The molecule has 3 heteroatoms. The molecule has 0 spiro atoms. The average Bonchev–Trinajstić information content (AvgIpc) is 2.28. The van der Waals surface area contributed by atoms with Gasteiger partial charge in [0.1, 0.15) is 0 Å². The molecule has 0 aliphatic carbocycles. The molecule has 2 atom stereocenters. The third-order valence-corrected chi connectivity index (χ3v) is 2.45. The summed E-state index contributed by atoms with van der Waals surface area (Å²) in [7, 11) is 0. The fourth-order valence-corrected chi connectivity index (χ4v) is 1.42. The molecule has 0 rings (SSSR count). The first-order valence-electron chi connectivity index (χ1n) is 6.15. The van der Waals surface area contributed by atoms with E-state index in [1.54, 1.807) is 0 Å². The van der Waals surface area contributed by atoms with Crippen molar-refractivity contribution < 1.29 is 4.79 Å². The van der Waals surface area contributed by atoms with Crippen LogP contribution in [0, 0.1) is 12.3 Å². The number of nitrogens with one attached hydrogen (secondary N) is 2. The molecule has 2 N–H and O–H groups in total. The highest BCUT2D eigenvalue weighted by atomic mass is 16.2. The van der Waals surface area contributed by atoms with E-state index in [1.165, 1.54) is 0 Å². The maximum Gasteiger partial charge on any atom is 0.236 e. The second-order valence-corrected chi connectivity index (χ2v) is 4.04. The molecule has 0 fully saturated rings. The van der Waals surface area contributed by atoms with Crippen LogP contribution in [0.15, 0.2) is 0 Å². The normalized spacial score (nSPS) is 13.9. The Kier molecular flexibility index (Phi) is 8.65. The Morgan fingerprint density at radius 1 is 1.38 bits per heavy atom. The average molecular weight is 224 g/mol. The minimum absolute atomic E-state index is 0.00285. The standard InChI is InChI=1S/C13H24N2O/c1-5-8-10-14-13(16)11(4)15-12(7-3)9-6-2/h3,11-12,15H,5-6,8-10H2,1-2,4H3,(H,14,16). The van der Waals surface area contributed by atoms with Crippen LogP contribution in [0.4, 0.5) is 0 Å². The number of carbonyl (C=O) groups excluding carboxylic acids is 1. The van der Waals surface area contributed by atoms with Crippen LogP contribution in [-0.4, -0.2) is 24.5 Å². The zero-order chi connectivity index (χ0) is 12.4. The van der Waals surface area contributed by atoms with Crippen molar-refractivity contribution in [1.29, 1.82) is 0 Å². The van der Waals surface area contributed by atoms with E-state index in [0.717, 1.165) is 32.2 Å². The molecule has 0 aromatic heterocycles. The Hall–Kier alpha value is -1.01. The lowest BCUT2D eigenvalue weighted by Gasteiger charge is -2.18. The van der Waals surface area contributed by atoms with Gasteiger partial charge in [0.25, 0.3) is 0 Å². The minimum Gasteiger partial charge on any atom is -0.355 e. The molecule has 0 bridgehead atoms. The molecular formula is C13H24N2O. The van der Waals surface area contributed by atoms with Gasteiger partial charge in [0.05, 0.1) is 12.1 Å². The van der Waals surface area contributed by atoms with Crippen molar-refractivity contribution >= 4 is 5.91 Å². The van der Waals surface area contributed by atoms with Gasteiger partial charge >= 0.3 is 0 Å². The van der Waals surface area contributed by atoms with E-state index in [4.69, 9.17) is 6.42 Å². The van der Waals surface area contributed by atoms with E-state index in [0.29, 0.717) is 0 Å². The third-order valence-electron chi connectivity index (χ3n) is 2.45. The van der Waals surface area contributed by atoms with Crippen molar-refractivity contribution in [3.8, 4) is 12.3 Å². The van der Waals surface area contributed by atoms with Crippen LogP contribution >= 0.6 is 0 Å². The first-order chi connectivity index (χ1) is 7.65. The van der Waals surface area contributed by atoms with Crippen molar-refractivity contribution in [2.45, 2.75) is 58.5 Å². The third kappa shape index (κ3) is 6.47. The van der Waals surface area contributed by atoms with Crippen molar-refractivity contribution in [3.63, 3.8) is 0 Å². The topological polar surface area (TPSA) is 41.1 Å². The summed E-state index contributed by atoms with van der Waals surface area (Å²) in [6.45, 7) is 6.78. The number of unbranched alkanes of at least 4 members (excludes halogenated alkanes) is 1. The minimum atomic E-state index is -0.218. The van der Waals surface area contributed by atoms with E-state index >= 15 is 0 Å². The van der Waals surface area contributed by atoms with Crippen LogP contribution < -0.4 is 10.6 Å². The van der Waals surface area contributed by atoms with Crippen LogP contribution in [0.5, 0.6) is 0 Å². The summed E-state index contributed by atoms with van der Waals surface area (Å²) in [5.41, 5.74) is 0. The largest absolute Gasteiger partial charge is 0.355 e. The summed E-state index contributed by atoms with van der Waals surface area (Å²) in [6.07, 6.45) is 9.42. The fourth-order valence-electron chi connectivity index (χ4n) is 1.42. The molecule has 0 aliphatic heterocycles. The molecule has 0 saturated carbocycles. The van der Waals surface area contributed by atoms with Crippen molar-refractivity contribution in [2.24, 2.45) is 0 Å². The predicted octanol–water partition coefficient (Wildman–Crippen LogP) is 1.68. The monoisotopic (exact) mass is 224 g/mol. The summed E-state index contributed by atoms with van der Waals surface area (Å²) in [6, 6.07) is -0.221. The van der Waals surface area contributed by atoms with Crippen LogP contribution in [0.25, 0.3) is 0 Å². The smallest absolute Gasteiger partial charge is 0.236 e. The highest BCUT2D eigenvalue weighted by molar-refractivity contribution is 5.81. The van der Waals surface area contributed by atoms with Gasteiger partial charge in [0.15, 0.2) is 0 Å². The molecule has 0 saturated heterocycles. The van der Waals surface area contributed by atoms with Crippen LogP contribution in [0.2, 0.25) is 0 Å². The zero-order valence-corrected chi connectivity index (χ0v) is 10.7. The maximum atomic E-state index is 11.6. The molecule has 0 aromatic rings. The van der Waals surface area contributed by atoms with Crippen LogP contribution in [0.3, 0.4) is 0 Å². The van der Waals surface area contributed by atoms with E-state index < -0.39 is 0 Å². The molecule has 0 radical (unpaired) electrons. The molecule has 1 amide bonds. The summed E-state index contributed by atoms with van der Waals surface area (Å²) in [5, 5.41) is 6.03. The van der Waals surface area contributed by atoms with Gasteiger partial charge in [-0.2, -0.15) is 0 Å². The molecule has 0 aliphatic rings. The van der Waals surface area contributed by atoms with Gasteiger partial charge in [0, 0.05) is 6.54 Å². The van der Waals surface area contributed by atoms with Gasteiger partial charge in [0.2, 0.25) is 5.91 Å². The van der Waals surface area contributed by atoms with Crippen molar-refractivity contribution in [2.75, 3.05) is 6.54 Å². The number of hydrogen-bond acceptors (Lipinski definition) is 2. The van der Waals surface area contributed by atoms with E-state index in [9.17, 15) is 4.79 Å². The summed E-state index contributed by atoms with van der Waals surface area (Å²) < 4.78 is 0. The number of hydrogen-bond donors (Lipinski definition) is 2. The van der Waals surface area contributed by atoms with E-state index in [-0.39, 0.29) is 18.0 Å². The molecule has 92 valence electrons. The first kappa shape index (κ1) is 15.0. The molecule has 0 aromatic carbocycles. The summed E-state index contributed by atoms with van der Waals surface area (Å²) in [5.74, 6) is 2.70. The van der Waals surface area contributed by atoms with E-state index in [2.05, 4.69) is 30.4 Å². The summed E-state index contributed by atoms with van der Waals surface area (Å²) >= 11 is 0. The van der Waals surface area contributed by atoms with Gasteiger partial charge in [-0.15, -0.1) is 6.42 Å². The molecule has 3 nitrogen and oxygen atoms in total. The van der Waals surface area contributed by atoms with Crippen LogP contribution in [0.1, 0.15) is 46.5 Å². The lowest BCUT2D eigenvalue weighted by atomic mass is 10.1. The first-order valence-corrected chi connectivity index (χ1v) is 6.15. The fraction of sp³-hybridized carbons (Fsp3) is 0.769. The predicted molar refractivity (Wildman–Crippen MR) is 68.0 cm³/mol. The Balaban J connectivity index is 3.89. The van der Waals surface area contributed by atoms with Crippen molar-refractivity contribution in [1.82, 2.24) is 10.6 Å². The van der Waals surface area contributed by atoms with Crippen LogP contribution in [-0.2, 0) is 4.79 Å². The Morgan fingerprint density at radius 3 is 2.56 bits per heavy atom. The van der Waals surface area contributed by atoms with Gasteiger partial charge in [-0.1, -0.05) is 32.6 Å². The Bertz CT molecular complexity index is 233. The number of terminal acetylenes is 1.